The van der Waals surface area contributed by atoms with Gasteiger partial charge in [-0.15, -0.1) is 0 Å². The molecule has 6 heteroatoms. The first-order valence-corrected chi connectivity index (χ1v) is 8.44. The Morgan fingerprint density at radius 2 is 1.65 bits per heavy atom. The molecule has 0 radical (unpaired) electrons. The molecule has 0 saturated carbocycles. The summed E-state index contributed by atoms with van der Waals surface area (Å²) < 4.78 is 0. The van der Waals surface area contributed by atoms with Crippen LogP contribution in [0.2, 0.25) is 0 Å². The van der Waals surface area contributed by atoms with Gasteiger partial charge >= 0.3 is 12.0 Å². The number of thioether (sulfide) groups is 1. The molecule has 0 aromatic heterocycles. The zero-order valence-electron chi connectivity index (χ0n) is 13.2. The van der Waals surface area contributed by atoms with Crippen molar-refractivity contribution in [2.24, 2.45) is 11.8 Å². The number of carboxylic acids is 1. The molecule has 118 valence electrons. The van der Waals surface area contributed by atoms with Crippen LogP contribution >= 0.6 is 11.8 Å². The minimum absolute atomic E-state index is 0.277. The van der Waals surface area contributed by atoms with Gasteiger partial charge in [0.1, 0.15) is 6.04 Å². The van der Waals surface area contributed by atoms with Crippen LogP contribution in [-0.4, -0.2) is 53.1 Å². The summed E-state index contributed by atoms with van der Waals surface area (Å²) in [4.78, 5) is 25.1. The van der Waals surface area contributed by atoms with Gasteiger partial charge in [-0.05, 0) is 30.3 Å². The van der Waals surface area contributed by atoms with Crippen LogP contribution in [0.3, 0.4) is 0 Å². The summed E-state index contributed by atoms with van der Waals surface area (Å²) in [6.45, 7) is 9.45. The van der Waals surface area contributed by atoms with Crippen molar-refractivity contribution in [3.8, 4) is 0 Å². The number of hydrogen-bond donors (Lipinski definition) is 2. The summed E-state index contributed by atoms with van der Waals surface area (Å²) in [6.07, 6.45) is 2.37. The molecule has 1 atom stereocenters. The van der Waals surface area contributed by atoms with E-state index in [1.165, 1.54) is 0 Å². The molecule has 0 unspecified atom stereocenters. The summed E-state index contributed by atoms with van der Waals surface area (Å²) in [6, 6.07) is -1.09. The number of urea groups is 1. The molecule has 0 aliphatic carbocycles. The molecule has 0 spiro atoms. The fraction of sp³-hybridized carbons (Fsp3) is 0.857. The van der Waals surface area contributed by atoms with Crippen molar-refractivity contribution >= 4 is 23.8 Å². The number of carboxylic acid groups (broad SMARTS) is 1. The minimum atomic E-state index is -0.971. The average molecular weight is 304 g/mol. The predicted molar refractivity (Wildman–Crippen MR) is 84.2 cm³/mol. The molecule has 2 amide bonds. The summed E-state index contributed by atoms with van der Waals surface area (Å²) >= 11 is 1.58. The van der Waals surface area contributed by atoms with Crippen molar-refractivity contribution in [2.45, 2.75) is 40.2 Å². The zero-order chi connectivity index (χ0) is 15.7. The monoisotopic (exact) mass is 304 g/mol. The van der Waals surface area contributed by atoms with Gasteiger partial charge in [0.25, 0.3) is 0 Å². The molecule has 0 heterocycles. The van der Waals surface area contributed by atoms with Crippen molar-refractivity contribution < 1.29 is 14.7 Å². The molecule has 0 aliphatic rings. The normalized spacial score (nSPS) is 12.6. The molecule has 2 N–H and O–H groups in total. The van der Waals surface area contributed by atoms with E-state index in [9.17, 15) is 9.59 Å². The Morgan fingerprint density at radius 1 is 1.15 bits per heavy atom. The molecule has 0 aromatic carbocycles. The lowest BCUT2D eigenvalue weighted by Crippen LogP contribution is -2.50. The molecule has 0 aromatic rings. The maximum Gasteiger partial charge on any atom is 0.326 e. The van der Waals surface area contributed by atoms with Gasteiger partial charge in [0, 0.05) is 13.1 Å². The standard InChI is InChI=1S/C14H28N2O3S/c1-10(2)8-16(9-11(3)4)14(19)15-12(13(17)18)6-7-20-5/h10-12H,6-9H2,1-5H3,(H,15,19)(H,17,18)/t12-/m1/s1. The number of nitrogens with zero attached hydrogens (tertiary/aromatic N) is 1. The van der Waals surface area contributed by atoms with E-state index in [1.807, 2.05) is 34.0 Å². The van der Waals surface area contributed by atoms with E-state index in [-0.39, 0.29) is 6.03 Å². The van der Waals surface area contributed by atoms with E-state index in [1.54, 1.807) is 16.7 Å². The largest absolute Gasteiger partial charge is 0.480 e. The molecule has 0 fully saturated rings. The molecule has 0 rings (SSSR count). The van der Waals surface area contributed by atoms with Gasteiger partial charge in [-0.3, -0.25) is 0 Å². The van der Waals surface area contributed by atoms with Crippen LogP contribution in [0, 0.1) is 11.8 Å². The van der Waals surface area contributed by atoms with E-state index in [0.29, 0.717) is 37.1 Å². The third kappa shape index (κ3) is 8.30. The van der Waals surface area contributed by atoms with Crippen molar-refractivity contribution in [1.29, 1.82) is 0 Å². The van der Waals surface area contributed by atoms with E-state index in [2.05, 4.69) is 5.32 Å². The highest BCUT2D eigenvalue weighted by atomic mass is 32.2. The summed E-state index contributed by atoms with van der Waals surface area (Å²) in [5.41, 5.74) is 0. The Bertz CT molecular complexity index is 299. The second-order valence-electron chi connectivity index (χ2n) is 5.81. The fourth-order valence-electron chi connectivity index (χ4n) is 1.86. The van der Waals surface area contributed by atoms with E-state index in [0.717, 1.165) is 0 Å². The maximum atomic E-state index is 12.2. The Balaban J connectivity index is 4.64. The van der Waals surface area contributed by atoms with Crippen LogP contribution in [0.4, 0.5) is 4.79 Å². The molecular formula is C14H28N2O3S. The van der Waals surface area contributed by atoms with Crippen LogP contribution in [0.1, 0.15) is 34.1 Å². The van der Waals surface area contributed by atoms with Crippen molar-refractivity contribution in [1.82, 2.24) is 10.2 Å². The first-order valence-electron chi connectivity index (χ1n) is 7.05. The molecule has 20 heavy (non-hydrogen) atoms. The third-order valence-corrected chi connectivity index (χ3v) is 3.31. The van der Waals surface area contributed by atoms with Crippen LogP contribution < -0.4 is 5.32 Å². The number of amides is 2. The van der Waals surface area contributed by atoms with Crippen LogP contribution in [-0.2, 0) is 4.79 Å². The van der Waals surface area contributed by atoms with Gasteiger partial charge in [-0.1, -0.05) is 27.7 Å². The number of nitrogens with one attached hydrogen (secondary N) is 1. The molecule has 0 bridgehead atoms. The second kappa shape index (κ2) is 9.91. The van der Waals surface area contributed by atoms with Crippen molar-refractivity contribution in [3.05, 3.63) is 0 Å². The number of carbonyl (C=O) groups excluding carboxylic acids is 1. The minimum Gasteiger partial charge on any atom is -0.480 e. The zero-order valence-corrected chi connectivity index (χ0v) is 14.0. The SMILES string of the molecule is CSCC[C@@H](NC(=O)N(CC(C)C)CC(C)C)C(=O)O. The van der Waals surface area contributed by atoms with Crippen LogP contribution in [0.5, 0.6) is 0 Å². The number of hydrogen-bond acceptors (Lipinski definition) is 3. The predicted octanol–water partition coefficient (Wildman–Crippen LogP) is 2.52. The van der Waals surface area contributed by atoms with E-state index >= 15 is 0 Å². The first-order chi connectivity index (χ1) is 9.27. The van der Waals surface area contributed by atoms with Gasteiger partial charge in [-0.2, -0.15) is 11.8 Å². The van der Waals surface area contributed by atoms with Gasteiger partial charge < -0.3 is 15.3 Å². The Hall–Kier alpha value is -0.910. The Labute approximate surface area is 126 Å². The van der Waals surface area contributed by atoms with Gasteiger partial charge in [0.15, 0.2) is 0 Å². The second-order valence-corrected chi connectivity index (χ2v) is 6.80. The first kappa shape index (κ1) is 19.1. The highest BCUT2D eigenvalue weighted by Crippen LogP contribution is 2.06. The molecule has 5 nitrogen and oxygen atoms in total. The highest BCUT2D eigenvalue weighted by molar-refractivity contribution is 7.98. The molecular weight excluding hydrogens is 276 g/mol. The Morgan fingerprint density at radius 3 is 2.00 bits per heavy atom. The average Bonchev–Trinajstić information content (AvgIpc) is 2.31. The Kier molecular flexibility index (Phi) is 9.46. The van der Waals surface area contributed by atoms with Gasteiger partial charge in [-0.25, -0.2) is 9.59 Å². The lowest BCUT2D eigenvalue weighted by molar-refractivity contribution is -0.139. The topological polar surface area (TPSA) is 69.6 Å². The smallest absolute Gasteiger partial charge is 0.326 e. The van der Waals surface area contributed by atoms with E-state index in [4.69, 9.17) is 5.11 Å². The summed E-state index contributed by atoms with van der Waals surface area (Å²) in [5, 5.41) is 11.8. The number of aliphatic carboxylic acids is 1. The summed E-state index contributed by atoms with van der Waals surface area (Å²) in [5.74, 6) is 0.454. The van der Waals surface area contributed by atoms with Crippen LogP contribution in [0.25, 0.3) is 0 Å². The lowest BCUT2D eigenvalue weighted by atomic mass is 10.1. The van der Waals surface area contributed by atoms with E-state index < -0.39 is 12.0 Å². The van der Waals surface area contributed by atoms with Gasteiger partial charge in [0.05, 0.1) is 0 Å². The van der Waals surface area contributed by atoms with Gasteiger partial charge in [0.2, 0.25) is 0 Å². The fourth-order valence-corrected chi connectivity index (χ4v) is 2.33. The quantitative estimate of drug-likeness (QED) is 0.687. The third-order valence-electron chi connectivity index (χ3n) is 2.66. The number of carbonyl (C=O) groups is 2. The molecule has 0 saturated heterocycles. The van der Waals surface area contributed by atoms with Crippen LogP contribution in [0.15, 0.2) is 0 Å². The van der Waals surface area contributed by atoms with Crippen molar-refractivity contribution in [3.63, 3.8) is 0 Å². The maximum absolute atomic E-state index is 12.2. The summed E-state index contributed by atoms with van der Waals surface area (Å²) in [7, 11) is 0. The van der Waals surface area contributed by atoms with Crippen molar-refractivity contribution in [2.75, 3.05) is 25.1 Å². The number of rotatable bonds is 9. The lowest BCUT2D eigenvalue weighted by Gasteiger charge is -2.28. The molecule has 0 aliphatic heterocycles. The highest BCUT2D eigenvalue weighted by Gasteiger charge is 2.23.